The van der Waals surface area contributed by atoms with Crippen molar-refractivity contribution in [3.63, 3.8) is 0 Å². The Morgan fingerprint density at radius 3 is 2.36 bits per heavy atom. The van der Waals surface area contributed by atoms with Gasteiger partial charge in [0.15, 0.2) is 5.60 Å². The maximum absolute atomic E-state index is 13.3. The Balaban J connectivity index is 1.29. The number of hydrogen-bond donors (Lipinski definition) is 1. The predicted molar refractivity (Wildman–Crippen MR) is 156 cm³/mol. The first-order valence-corrected chi connectivity index (χ1v) is 14.2. The SMILES string of the molecule is COc1cccc([C@@](C)(O)C(=O)N2CCC(CC3(C)CCN(c4ccc(C(=O)N(C)C)c(Cl)c4)CC3)CC2)c1. The van der Waals surface area contributed by atoms with E-state index in [-0.39, 0.29) is 17.2 Å². The molecule has 1 atom stereocenters. The van der Waals surface area contributed by atoms with Crippen LogP contribution in [0, 0.1) is 11.3 Å². The van der Waals surface area contributed by atoms with Gasteiger partial charge in [0, 0.05) is 46.0 Å². The van der Waals surface area contributed by atoms with Crippen LogP contribution in [0.5, 0.6) is 5.75 Å². The van der Waals surface area contributed by atoms with Crippen LogP contribution in [0.15, 0.2) is 42.5 Å². The van der Waals surface area contributed by atoms with E-state index in [4.69, 9.17) is 16.3 Å². The molecular weight excluding hydrogens is 514 g/mol. The van der Waals surface area contributed by atoms with Crippen molar-refractivity contribution < 1.29 is 19.4 Å². The first-order valence-electron chi connectivity index (χ1n) is 13.9. The molecule has 0 radical (unpaired) electrons. The molecule has 8 heteroatoms. The average molecular weight is 556 g/mol. The standard InChI is InChI=1S/C31H42ClN3O4/c1-30(13-17-34(18-14-30)24-9-10-26(27(32)20-24)28(36)33(3)4)21-22-11-15-35(16-12-22)29(37)31(2,38)23-7-6-8-25(19-23)39-5/h6-10,19-20,22,38H,11-18,21H2,1-5H3/t31-/m1/s1. The lowest BCUT2D eigenvalue weighted by Crippen LogP contribution is -2.49. The Labute approximate surface area is 237 Å². The minimum Gasteiger partial charge on any atom is -0.497 e. The lowest BCUT2D eigenvalue weighted by molar-refractivity contribution is -0.152. The van der Waals surface area contributed by atoms with E-state index in [0.29, 0.717) is 40.9 Å². The Kier molecular flexibility index (Phi) is 8.82. The van der Waals surface area contributed by atoms with Gasteiger partial charge in [-0.1, -0.05) is 30.7 Å². The van der Waals surface area contributed by atoms with Crippen molar-refractivity contribution in [3.8, 4) is 5.75 Å². The van der Waals surface area contributed by atoms with Gasteiger partial charge in [0.2, 0.25) is 0 Å². The molecule has 0 bridgehead atoms. The van der Waals surface area contributed by atoms with Gasteiger partial charge >= 0.3 is 0 Å². The normalized spacial score (nSPS) is 19.4. The highest BCUT2D eigenvalue weighted by atomic mass is 35.5. The molecule has 39 heavy (non-hydrogen) atoms. The van der Waals surface area contributed by atoms with E-state index in [0.717, 1.165) is 50.9 Å². The van der Waals surface area contributed by atoms with Crippen LogP contribution in [0.25, 0.3) is 0 Å². The molecule has 7 nitrogen and oxygen atoms in total. The smallest absolute Gasteiger partial charge is 0.258 e. The summed E-state index contributed by atoms with van der Waals surface area (Å²) in [5.41, 5.74) is 0.813. The van der Waals surface area contributed by atoms with Crippen molar-refractivity contribution in [1.29, 1.82) is 0 Å². The van der Waals surface area contributed by atoms with Gasteiger partial charge in [-0.05, 0) is 86.3 Å². The second-order valence-electron chi connectivity index (χ2n) is 11.9. The summed E-state index contributed by atoms with van der Waals surface area (Å²) in [6.45, 7) is 7.21. The van der Waals surface area contributed by atoms with Gasteiger partial charge < -0.3 is 24.5 Å². The highest BCUT2D eigenvalue weighted by Gasteiger charge is 2.39. The number of halogens is 1. The number of likely N-dealkylation sites (tertiary alicyclic amines) is 1. The Morgan fingerprint density at radius 2 is 1.77 bits per heavy atom. The first-order chi connectivity index (χ1) is 18.4. The van der Waals surface area contributed by atoms with Gasteiger partial charge in [-0.2, -0.15) is 0 Å². The largest absolute Gasteiger partial charge is 0.497 e. The molecule has 0 aromatic heterocycles. The first kappa shape index (κ1) is 29.2. The van der Waals surface area contributed by atoms with E-state index in [1.165, 1.54) is 4.90 Å². The summed E-state index contributed by atoms with van der Waals surface area (Å²) in [4.78, 5) is 31.3. The fraction of sp³-hybridized carbons (Fsp3) is 0.548. The van der Waals surface area contributed by atoms with Crippen molar-refractivity contribution in [3.05, 3.63) is 58.6 Å². The van der Waals surface area contributed by atoms with Crippen LogP contribution in [-0.4, -0.2) is 74.1 Å². The molecule has 2 heterocycles. The number of methoxy groups -OCH3 is 1. The quantitative estimate of drug-likeness (QED) is 0.509. The maximum Gasteiger partial charge on any atom is 0.258 e. The molecule has 212 valence electrons. The molecule has 2 fully saturated rings. The van der Waals surface area contributed by atoms with Crippen molar-refractivity contribution in [2.75, 3.05) is 52.3 Å². The van der Waals surface area contributed by atoms with Crippen LogP contribution in [0.4, 0.5) is 5.69 Å². The predicted octanol–water partition coefficient (Wildman–Crippen LogP) is 5.19. The van der Waals surface area contributed by atoms with Crippen molar-refractivity contribution in [2.45, 2.75) is 51.6 Å². The second-order valence-corrected chi connectivity index (χ2v) is 12.3. The number of carbonyl (C=O) groups excluding carboxylic acids is 2. The number of anilines is 1. The van der Waals surface area contributed by atoms with Crippen molar-refractivity contribution >= 4 is 29.1 Å². The van der Waals surface area contributed by atoms with Gasteiger partial charge in [-0.15, -0.1) is 0 Å². The van der Waals surface area contributed by atoms with Crippen LogP contribution in [0.1, 0.15) is 61.9 Å². The lowest BCUT2D eigenvalue weighted by Gasteiger charge is -2.44. The third-order valence-electron chi connectivity index (χ3n) is 8.66. The van der Waals surface area contributed by atoms with Crippen LogP contribution >= 0.6 is 11.6 Å². The van der Waals surface area contributed by atoms with Gasteiger partial charge in [0.25, 0.3) is 11.8 Å². The zero-order valence-electron chi connectivity index (χ0n) is 23.9. The summed E-state index contributed by atoms with van der Waals surface area (Å²) in [6.07, 6.45) is 5.23. The number of benzene rings is 2. The molecule has 0 aliphatic carbocycles. The molecule has 4 rings (SSSR count). The number of carbonyl (C=O) groups is 2. The maximum atomic E-state index is 13.3. The Hall–Kier alpha value is -2.77. The molecule has 2 aliphatic heterocycles. The fourth-order valence-corrected chi connectivity index (χ4v) is 6.27. The Bertz CT molecular complexity index is 1180. The minimum atomic E-state index is -1.58. The van der Waals surface area contributed by atoms with E-state index < -0.39 is 5.60 Å². The number of aliphatic hydroxyl groups is 1. The van der Waals surface area contributed by atoms with Crippen LogP contribution in [-0.2, 0) is 10.4 Å². The molecular formula is C31H42ClN3O4. The van der Waals surface area contributed by atoms with E-state index in [9.17, 15) is 14.7 Å². The molecule has 0 spiro atoms. The molecule has 2 amide bonds. The summed E-state index contributed by atoms with van der Waals surface area (Å²) in [6, 6.07) is 12.8. The van der Waals surface area contributed by atoms with E-state index in [1.807, 2.05) is 23.1 Å². The third kappa shape index (κ3) is 6.52. The summed E-state index contributed by atoms with van der Waals surface area (Å²) >= 11 is 6.46. The summed E-state index contributed by atoms with van der Waals surface area (Å²) in [5.74, 6) is 0.858. The summed E-state index contributed by atoms with van der Waals surface area (Å²) < 4.78 is 5.27. The number of hydrogen-bond acceptors (Lipinski definition) is 5. The van der Waals surface area contributed by atoms with Gasteiger partial charge in [0.05, 0.1) is 17.7 Å². The number of rotatable bonds is 7. The molecule has 2 aromatic rings. The fourth-order valence-electron chi connectivity index (χ4n) is 6.02. The van der Waals surface area contributed by atoms with Gasteiger partial charge in [-0.25, -0.2) is 0 Å². The Morgan fingerprint density at radius 1 is 1.10 bits per heavy atom. The average Bonchev–Trinajstić information content (AvgIpc) is 2.93. The summed E-state index contributed by atoms with van der Waals surface area (Å²) in [5, 5.41) is 11.6. The zero-order valence-corrected chi connectivity index (χ0v) is 24.6. The molecule has 2 aromatic carbocycles. The minimum absolute atomic E-state index is 0.0885. The monoisotopic (exact) mass is 555 g/mol. The molecule has 0 saturated carbocycles. The van der Waals surface area contributed by atoms with Crippen molar-refractivity contribution in [2.24, 2.45) is 11.3 Å². The molecule has 2 saturated heterocycles. The lowest BCUT2D eigenvalue weighted by atomic mass is 9.71. The van der Waals surface area contributed by atoms with Crippen LogP contribution < -0.4 is 9.64 Å². The number of nitrogens with zero attached hydrogens (tertiary/aromatic N) is 3. The third-order valence-corrected chi connectivity index (χ3v) is 8.97. The van der Waals surface area contributed by atoms with Gasteiger partial charge in [-0.3, -0.25) is 9.59 Å². The highest BCUT2D eigenvalue weighted by molar-refractivity contribution is 6.34. The zero-order chi connectivity index (χ0) is 28.4. The molecule has 1 N–H and O–H groups in total. The number of piperidine rings is 2. The van der Waals surface area contributed by atoms with E-state index in [2.05, 4.69) is 11.8 Å². The van der Waals surface area contributed by atoms with E-state index >= 15 is 0 Å². The highest BCUT2D eigenvalue weighted by Crippen LogP contribution is 2.41. The van der Waals surface area contributed by atoms with Gasteiger partial charge in [0.1, 0.15) is 5.75 Å². The topological polar surface area (TPSA) is 73.3 Å². The number of amides is 2. The van der Waals surface area contributed by atoms with Crippen LogP contribution in [0.2, 0.25) is 5.02 Å². The number of ether oxygens (including phenoxy) is 1. The summed E-state index contributed by atoms with van der Waals surface area (Å²) in [7, 11) is 5.03. The van der Waals surface area contributed by atoms with Crippen molar-refractivity contribution in [1.82, 2.24) is 9.80 Å². The molecule has 2 aliphatic rings. The second kappa shape index (κ2) is 11.8. The van der Waals surface area contributed by atoms with E-state index in [1.54, 1.807) is 52.4 Å². The van der Waals surface area contributed by atoms with Crippen LogP contribution in [0.3, 0.4) is 0 Å². The molecule has 0 unspecified atom stereocenters.